The fraction of sp³-hybridized carbons (Fsp3) is 0.353. The van der Waals surface area contributed by atoms with Crippen LogP contribution in [-0.4, -0.2) is 28.8 Å². The molecule has 0 saturated heterocycles. The summed E-state index contributed by atoms with van der Waals surface area (Å²) in [4.78, 5) is 28.3. The smallest absolute Gasteiger partial charge is 0.412 e. The number of hydrogen-bond donors (Lipinski definition) is 2. The third-order valence-corrected chi connectivity index (χ3v) is 5.24. The third-order valence-electron chi connectivity index (χ3n) is 2.95. The molecular formula is C17H21N3O3S2. The average molecular weight is 380 g/mol. The second-order valence-electron chi connectivity index (χ2n) is 6.25. The van der Waals surface area contributed by atoms with Gasteiger partial charge in [0.2, 0.25) is 0 Å². The zero-order chi connectivity index (χ0) is 18.6. The number of hydrogen-bond acceptors (Lipinski definition) is 6. The first kappa shape index (κ1) is 19.3. The summed E-state index contributed by atoms with van der Waals surface area (Å²) in [6, 6.07) is 6.58. The standard InChI is InChI=1S/C17H21N3O3S2/c1-10-14(24-5)25-15(18-10)20-13(21)11-6-8-12(9-7-11)19-16(22)23-17(2,3)4/h6-9H,1-5H3,(H,19,22)(H,18,20,21). The molecule has 134 valence electrons. The van der Waals surface area contributed by atoms with Crippen molar-refractivity contribution in [2.24, 2.45) is 0 Å². The Bertz CT molecular complexity index is 764. The summed E-state index contributed by atoms with van der Waals surface area (Å²) in [5.41, 5.74) is 1.38. The summed E-state index contributed by atoms with van der Waals surface area (Å²) < 4.78 is 6.26. The van der Waals surface area contributed by atoms with Crippen molar-refractivity contribution in [2.45, 2.75) is 37.5 Å². The van der Waals surface area contributed by atoms with Gasteiger partial charge >= 0.3 is 6.09 Å². The summed E-state index contributed by atoms with van der Waals surface area (Å²) in [7, 11) is 0. The van der Waals surface area contributed by atoms with Crippen molar-refractivity contribution in [1.82, 2.24) is 4.98 Å². The van der Waals surface area contributed by atoms with E-state index < -0.39 is 11.7 Å². The molecule has 0 aliphatic rings. The number of aryl methyl sites for hydroxylation is 1. The molecule has 0 atom stereocenters. The lowest BCUT2D eigenvalue weighted by molar-refractivity contribution is 0.0636. The van der Waals surface area contributed by atoms with Gasteiger partial charge in [0.05, 0.1) is 9.90 Å². The average Bonchev–Trinajstić information content (AvgIpc) is 2.85. The minimum Gasteiger partial charge on any atom is -0.444 e. The molecule has 1 aromatic carbocycles. The predicted octanol–water partition coefficient (Wildman–Crippen LogP) is 4.77. The van der Waals surface area contributed by atoms with Crippen LogP contribution in [0.3, 0.4) is 0 Å². The molecule has 25 heavy (non-hydrogen) atoms. The summed E-state index contributed by atoms with van der Waals surface area (Å²) in [6.07, 6.45) is 1.44. The van der Waals surface area contributed by atoms with E-state index in [1.165, 1.54) is 11.3 Å². The quantitative estimate of drug-likeness (QED) is 0.748. The summed E-state index contributed by atoms with van der Waals surface area (Å²) in [6.45, 7) is 7.30. The lowest BCUT2D eigenvalue weighted by Crippen LogP contribution is -2.27. The van der Waals surface area contributed by atoms with E-state index >= 15 is 0 Å². The zero-order valence-electron chi connectivity index (χ0n) is 14.8. The number of nitrogens with one attached hydrogen (secondary N) is 2. The van der Waals surface area contributed by atoms with Crippen LogP contribution in [0.25, 0.3) is 0 Å². The monoisotopic (exact) mass is 379 g/mol. The van der Waals surface area contributed by atoms with E-state index in [1.807, 2.05) is 13.2 Å². The summed E-state index contributed by atoms with van der Waals surface area (Å²) in [5, 5.41) is 5.99. The number of ether oxygens (including phenoxy) is 1. The van der Waals surface area contributed by atoms with Gasteiger partial charge < -0.3 is 4.74 Å². The lowest BCUT2D eigenvalue weighted by Gasteiger charge is -2.19. The van der Waals surface area contributed by atoms with Gasteiger partial charge in [-0.1, -0.05) is 11.3 Å². The molecule has 2 rings (SSSR count). The fourth-order valence-electron chi connectivity index (χ4n) is 1.92. The van der Waals surface area contributed by atoms with Gasteiger partial charge in [0.15, 0.2) is 5.13 Å². The van der Waals surface area contributed by atoms with Crippen molar-refractivity contribution in [3.05, 3.63) is 35.5 Å². The van der Waals surface area contributed by atoms with Crippen LogP contribution in [0.15, 0.2) is 28.5 Å². The maximum Gasteiger partial charge on any atom is 0.412 e. The van der Waals surface area contributed by atoms with Gasteiger partial charge in [0, 0.05) is 11.3 Å². The van der Waals surface area contributed by atoms with Crippen LogP contribution in [0.4, 0.5) is 15.6 Å². The normalized spacial score (nSPS) is 11.1. The van der Waals surface area contributed by atoms with E-state index in [1.54, 1.807) is 56.8 Å². The SMILES string of the molecule is CSc1sc(NC(=O)c2ccc(NC(=O)OC(C)(C)C)cc2)nc1C. The van der Waals surface area contributed by atoms with Crippen molar-refractivity contribution in [1.29, 1.82) is 0 Å². The molecule has 1 aromatic heterocycles. The van der Waals surface area contributed by atoms with Gasteiger partial charge in [0.25, 0.3) is 5.91 Å². The van der Waals surface area contributed by atoms with Crippen LogP contribution < -0.4 is 10.6 Å². The molecule has 0 unspecified atom stereocenters. The maximum absolute atomic E-state index is 12.3. The molecule has 0 aliphatic carbocycles. The molecular weight excluding hydrogens is 358 g/mol. The molecule has 0 aliphatic heterocycles. The first-order chi connectivity index (χ1) is 11.7. The molecule has 2 amide bonds. The molecule has 0 bridgehead atoms. The van der Waals surface area contributed by atoms with Crippen molar-refractivity contribution in [3.8, 4) is 0 Å². The Labute approximate surface area is 155 Å². The molecule has 8 heteroatoms. The van der Waals surface area contributed by atoms with E-state index in [0.717, 1.165) is 9.90 Å². The number of carbonyl (C=O) groups is 2. The summed E-state index contributed by atoms with van der Waals surface area (Å²) >= 11 is 3.05. The highest BCUT2D eigenvalue weighted by molar-refractivity contribution is 8.00. The van der Waals surface area contributed by atoms with Gasteiger partial charge in [-0.2, -0.15) is 0 Å². The third kappa shape index (κ3) is 5.75. The van der Waals surface area contributed by atoms with Crippen LogP contribution in [0.2, 0.25) is 0 Å². The Hall–Kier alpha value is -2.06. The zero-order valence-corrected chi connectivity index (χ0v) is 16.4. The molecule has 1 heterocycles. The first-order valence-corrected chi connectivity index (χ1v) is 9.65. The molecule has 0 spiro atoms. The molecule has 0 saturated carbocycles. The van der Waals surface area contributed by atoms with Crippen LogP contribution in [0, 0.1) is 6.92 Å². The topological polar surface area (TPSA) is 80.3 Å². The van der Waals surface area contributed by atoms with E-state index in [9.17, 15) is 9.59 Å². The van der Waals surface area contributed by atoms with Crippen molar-refractivity contribution < 1.29 is 14.3 Å². The number of benzene rings is 1. The van der Waals surface area contributed by atoms with E-state index in [0.29, 0.717) is 16.4 Å². The fourth-order valence-corrected chi connectivity index (χ4v) is 3.53. The number of thiazole rings is 1. The van der Waals surface area contributed by atoms with Gasteiger partial charge in [-0.05, 0) is 58.2 Å². The second-order valence-corrected chi connectivity index (χ2v) is 8.33. The Morgan fingerprint density at radius 2 is 1.80 bits per heavy atom. The minimum atomic E-state index is -0.564. The Kier molecular flexibility index (Phi) is 6.07. The predicted molar refractivity (Wildman–Crippen MR) is 103 cm³/mol. The minimum absolute atomic E-state index is 0.245. The van der Waals surface area contributed by atoms with Crippen LogP contribution in [-0.2, 0) is 4.74 Å². The highest BCUT2D eigenvalue weighted by Gasteiger charge is 2.16. The molecule has 6 nitrogen and oxygen atoms in total. The lowest BCUT2D eigenvalue weighted by atomic mass is 10.2. The largest absolute Gasteiger partial charge is 0.444 e. The summed E-state index contributed by atoms with van der Waals surface area (Å²) in [5.74, 6) is -0.245. The van der Waals surface area contributed by atoms with Crippen molar-refractivity contribution in [2.75, 3.05) is 16.9 Å². The molecule has 0 fully saturated rings. The molecule has 2 aromatic rings. The number of aromatic nitrogens is 1. The number of carbonyl (C=O) groups excluding carboxylic acids is 2. The number of rotatable bonds is 4. The number of thioether (sulfide) groups is 1. The Morgan fingerprint density at radius 1 is 1.16 bits per heavy atom. The number of amides is 2. The van der Waals surface area contributed by atoms with E-state index in [4.69, 9.17) is 4.74 Å². The van der Waals surface area contributed by atoms with Gasteiger partial charge in [0.1, 0.15) is 5.60 Å². The van der Waals surface area contributed by atoms with Gasteiger partial charge in [-0.3, -0.25) is 15.4 Å². The van der Waals surface area contributed by atoms with Gasteiger partial charge in [-0.15, -0.1) is 11.8 Å². The Morgan fingerprint density at radius 3 is 2.32 bits per heavy atom. The first-order valence-electron chi connectivity index (χ1n) is 7.61. The van der Waals surface area contributed by atoms with Crippen LogP contribution >= 0.6 is 23.1 Å². The van der Waals surface area contributed by atoms with Crippen molar-refractivity contribution >= 4 is 45.9 Å². The van der Waals surface area contributed by atoms with E-state index in [2.05, 4.69) is 15.6 Å². The highest BCUT2D eigenvalue weighted by Crippen LogP contribution is 2.30. The molecule has 0 radical (unpaired) electrons. The van der Waals surface area contributed by atoms with Gasteiger partial charge in [-0.25, -0.2) is 9.78 Å². The highest BCUT2D eigenvalue weighted by atomic mass is 32.2. The number of anilines is 2. The second kappa shape index (κ2) is 7.88. The Balaban J connectivity index is 1.98. The number of nitrogens with zero attached hydrogens (tertiary/aromatic N) is 1. The molecule has 2 N–H and O–H groups in total. The maximum atomic E-state index is 12.3. The van der Waals surface area contributed by atoms with Crippen LogP contribution in [0.1, 0.15) is 36.8 Å². The van der Waals surface area contributed by atoms with Crippen LogP contribution in [0.5, 0.6) is 0 Å². The van der Waals surface area contributed by atoms with E-state index in [-0.39, 0.29) is 5.91 Å². The van der Waals surface area contributed by atoms with Crippen molar-refractivity contribution in [3.63, 3.8) is 0 Å².